The van der Waals surface area contributed by atoms with Crippen LogP contribution in [0.25, 0.3) is 11.0 Å². The Bertz CT molecular complexity index is 820. The average molecular weight is 321 g/mol. The van der Waals surface area contributed by atoms with Gasteiger partial charge in [0.05, 0.1) is 12.7 Å². The van der Waals surface area contributed by atoms with E-state index in [0.29, 0.717) is 6.42 Å². The first-order valence-corrected chi connectivity index (χ1v) is 8.42. The van der Waals surface area contributed by atoms with Crippen LogP contribution < -0.4 is 5.32 Å². The summed E-state index contributed by atoms with van der Waals surface area (Å²) in [4.78, 5) is 12.3. The van der Waals surface area contributed by atoms with Crippen LogP contribution in [0.3, 0.4) is 0 Å². The van der Waals surface area contributed by atoms with Crippen LogP contribution >= 0.6 is 0 Å². The number of aryl methyl sites for hydroxylation is 2. The summed E-state index contributed by atoms with van der Waals surface area (Å²) in [5.74, 6) is 0.0406. The fraction of sp³-hybridized carbons (Fsp3) is 0.286. The second kappa shape index (κ2) is 7.35. The van der Waals surface area contributed by atoms with Crippen molar-refractivity contribution in [2.45, 2.75) is 39.2 Å². The first kappa shape index (κ1) is 16.3. The lowest BCUT2D eigenvalue weighted by molar-refractivity contribution is -0.121. The van der Waals surface area contributed by atoms with Gasteiger partial charge in [-0.15, -0.1) is 0 Å². The molecular formula is C21H23NO2. The molecule has 3 heteroatoms. The van der Waals surface area contributed by atoms with Crippen LogP contribution in [-0.2, 0) is 17.6 Å². The van der Waals surface area contributed by atoms with Gasteiger partial charge in [-0.2, -0.15) is 0 Å². The topological polar surface area (TPSA) is 42.2 Å². The fourth-order valence-corrected chi connectivity index (χ4v) is 2.93. The summed E-state index contributed by atoms with van der Waals surface area (Å²) in [6.45, 7) is 4.08. The zero-order chi connectivity index (χ0) is 16.9. The van der Waals surface area contributed by atoms with Crippen molar-refractivity contribution in [3.63, 3.8) is 0 Å². The van der Waals surface area contributed by atoms with Gasteiger partial charge < -0.3 is 9.73 Å². The Kier molecular flexibility index (Phi) is 4.99. The van der Waals surface area contributed by atoms with Crippen LogP contribution in [0.2, 0.25) is 0 Å². The fourth-order valence-electron chi connectivity index (χ4n) is 2.93. The molecule has 3 nitrogen and oxygen atoms in total. The van der Waals surface area contributed by atoms with Crippen LogP contribution in [-0.4, -0.2) is 11.9 Å². The summed E-state index contributed by atoms with van der Waals surface area (Å²) in [6, 6.07) is 16.6. The first-order valence-electron chi connectivity index (χ1n) is 8.42. The van der Waals surface area contributed by atoms with Gasteiger partial charge in [-0.05, 0) is 43.9 Å². The summed E-state index contributed by atoms with van der Waals surface area (Å²) in [5.41, 5.74) is 4.24. The lowest BCUT2D eigenvalue weighted by atomic mass is 10.1. The maximum Gasteiger partial charge on any atom is 0.224 e. The maximum absolute atomic E-state index is 12.3. The molecule has 0 radical (unpaired) electrons. The van der Waals surface area contributed by atoms with Crippen molar-refractivity contribution in [3.8, 4) is 0 Å². The summed E-state index contributed by atoms with van der Waals surface area (Å²) < 4.78 is 5.56. The number of benzene rings is 2. The monoisotopic (exact) mass is 321 g/mol. The Labute approximate surface area is 142 Å². The number of hydrogen-bond donors (Lipinski definition) is 1. The van der Waals surface area contributed by atoms with Crippen LogP contribution in [0.4, 0.5) is 0 Å². The second-order valence-corrected chi connectivity index (χ2v) is 6.43. The number of carbonyl (C=O) groups is 1. The van der Waals surface area contributed by atoms with Crippen molar-refractivity contribution in [3.05, 3.63) is 71.5 Å². The minimum absolute atomic E-state index is 0.0406. The molecule has 0 bridgehead atoms. The van der Waals surface area contributed by atoms with E-state index in [1.807, 2.05) is 43.3 Å². The van der Waals surface area contributed by atoms with Gasteiger partial charge in [0.2, 0.25) is 5.91 Å². The summed E-state index contributed by atoms with van der Waals surface area (Å²) in [5, 5.41) is 4.10. The van der Waals surface area contributed by atoms with Crippen LogP contribution in [0, 0.1) is 6.92 Å². The van der Waals surface area contributed by atoms with E-state index in [1.54, 1.807) is 6.26 Å². The summed E-state index contributed by atoms with van der Waals surface area (Å²) >= 11 is 0. The molecule has 1 heterocycles. The van der Waals surface area contributed by atoms with Gasteiger partial charge in [-0.1, -0.05) is 42.5 Å². The molecule has 124 valence electrons. The molecule has 0 spiro atoms. The van der Waals surface area contributed by atoms with Crippen LogP contribution in [0.5, 0.6) is 0 Å². The quantitative estimate of drug-likeness (QED) is 0.730. The minimum atomic E-state index is 0.0406. The Balaban J connectivity index is 1.54. The molecule has 3 rings (SSSR count). The molecule has 0 aliphatic carbocycles. The molecule has 1 unspecified atom stereocenters. The number of fused-ring (bicyclic) bond motifs is 1. The third-order valence-electron chi connectivity index (χ3n) is 4.28. The van der Waals surface area contributed by atoms with E-state index in [4.69, 9.17) is 4.42 Å². The largest absolute Gasteiger partial charge is 0.464 e. The number of carbonyl (C=O) groups excluding carboxylic acids is 1. The van der Waals surface area contributed by atoms with E-state index in [9.17, 15) is 4.79 Å². The number of rotatable bonds is 6. The molecular weight excluding hydrogens is 298 g/mol. The van der Waals surface area contributed by atoms with E-state index in [1.165, 1.54) is 5.56 Å². The summed E-state index contributed by atoms with van der Waals surface area (Å²) in [7, 11) is 0. The lowest BCUT2D eigenvalue weighted by Gasteiger charge is -2.13. The number of hydrogen-bond acceptors (Lipinski definition) is 2. The average Bonchev–Trinajstić information content (AvgIpc) is 2.95. The molecule has 1 N–H and O–H groups in total. The SMILES string of the molecule is Cc1ccc2c(CC(=O)NC(C)CCc3ccccc3)coc2c1. The van der Waals surface area contributed by atoms with E-state index in [0.717, 1.165) is 34.9 Å². The Morgan fingerprint density at radius 1 is 1.17 bits per heavy atom. The van der Waals surface area contributed by atoms with Crippen molar-refractivity contribution < 1.29 is 9.21 Å². The number of amides is 1. The maximum atomic E-state index is 12.3. The highest BCUT2D eigenvalue weighted by atomic mass is 16.3. The van der Waals surface area contributed by atoms with Gasteiger partial charge in [-0.25, -0.2) is 0 Å². The van der Waals surface area contributed by atoms with Gasteiger partial charge in [0.25, 0.3) is 0 Å². The highest BCUT2D eigenvalue weighted by Gasteiger charge is 2.12. The van der Waals surface area contributed by atoms with Gasteiger partial charge >= 0.3 is 0 Å². The molecule has 0 saturated carbocycles. The van der Waals surface area contributed by atoms with Crippen molar-refractivity contribution in [2.24, 2.45) is 0 Å². The molecule has 0 aliphatic heterocycles. The number of furan rings is 1. The van der Waals surface area contributed by atoms with E-state index in [-0.39, 0.29) is 11.9 Å². The van der Waals surface area contributed by atoms with Gasteiger partial charge in [0.15, 0.2) is 0 Å². The highest BCUT2D eigenvalue weighted by molar-refractivity contribution is 5.88. The van der Waals surface area contributed by atoms with E-state index < -0.39 is 0 Å². The zero-order valence-corrected chi connectivity index (χ0v) is 14.2. The third kappa shape index (κ3) is 4.05. The van der Waals surface area contributed by atoms with Crippen molar-refractivity contribution in [2.75, 3.05) is 0 Å². The Morgan fingerprint density at radius 3 is 2.75 bits per heavy atom. The van der Waals surface area contributed by atoms with Crippen molar-refractivity contribution in [1.82, 2.24) is 5.32 Å². The van der Waals surface area contributed by atoms with Crippen molar-refractivity contribution >= 4 is 16.9 Å². The molecule has 2 aromatic carbocycles. The molecule has 1 atom stereocenters. The van der Waals surface area contributed by atoms with Crippen LogP contribution in [0.1, 0.15) is 30.0 Å². The molecule has 3 aromatic rings. The normalized spacial score (nSPS) is 12.2. The van der Waals surface area contributed by atoms with Crippen LogP contribution in [0.15, 0.2) is 59.2 Å². The van der Waals surface area contributed by atoms with E-state index in [2.05, 4.69) is 24.4 Å². The first-order chi connectivity index (χ1) is 11.6. The predicted octanol–water partition coefficient (Wildman–Crippen LogP) is 4.42. The molecule has 0 saturated heterocycles. The predicted molar refractivity (Wildman–Crippen MR) is 97.0 cm³/mol. The third-order valence-corrected chi connectivity index (χ3v) is 4.28. The molecule has 1 aromatic heterocycles. The Hall–Kier alpha value is -2.55. The standard InChI is InChI=1S/C21H23NO2/c1-15-8-11-19-18(14-24-20(19)12-15)13-21(23)22-16(2)9-10-17-6-4-3-5-7-17/h3-8,11-12,14,16H,9-10,13H2,1-2H3,(H,22,23). The second-order valence-electron chi connectivity index (χ2n) is 6.43. The molecule has 0 aliphatic rings. The lowest BCUT2D eigenvalue weighted by Crippen LogP contribution is -2.33. The Morgan fingerprint density at radius 2 is 1.96 bits per heavy atom. The van der Waals surface area contributed by atoms with Gasteiger partial charge in [0, 0.05) is 17.0 Å². The molecule has 1 amide bonds. The minimum Gasteiger partial charge on any atom is -0.464 e. The van der Waals surface area contributed by atoms with Gasteiger partial charge in [0.1, 0.15) is 5.58 Å². The summed E-state index contributed by atoms with van der Waals surface area (Å²) in [6.07, 6.45) is 3.95. The van der Waals surface area contributed by atoms with Crippen molar-refractivity contribution in [1.29, 1.82) is 0 Å². The zero-order valence-electron chi connectivity index (χ0n) is 14.2. The van der Waals surface area contributed by atoms with E-state index >= 15 is 0 Å². The smallest absolute Gasteiger partial charge is 0.224 e. The molecule has 0 fully saturated rings. The van der Waals surface area contributed by atoms with Gasteiger partial charge in [-0.3, -0.25) is 4.79 Å². The molecule has 24 heavy (non-hydrogen) atoms. The highest BCUT2D eigenvalue weighted by Crippen LogP contribution is 2.22. The number of nitrogens with one attached hydrogen (secondary N) is 1.